The largest absolute Gasteiger partial charge is 0.509 e. The van der Waals surface area contributed by atoms with Crippen molar-refractivity contribution in [3.63, 3.8) is 0 Å². The van der Waals surface area contributed by atoms with Gasteiger partial charge in [0.2, 0.25) is 0 Å². The maximum Gasteiger partial charge on any atom is 0.135 e. The number of hydrogen-bond donors (Lipinski definition) is 0. The fraction of sp³-hybridized carbons (Fsp3) is 0.0303. The summed E-state index contributed by atoms with van der Waals surface area (Å²) >= 11 is 0. The molecule has 0 amide bonds. The summed E-state index contributed by atoms with van der Waals surface area (Å²) < 4.78 is 13.8. The molecule has 0 saturated heterocycles. The van der Waals surface area contributed by atoms with Gasteiger partial charge in [-0.15, -0.1) is 41.4 Å². The van der Waals surface area contributed by atoms with Crippen LogP contribution in [0.15, 0.2) is 219 Å². The predicted octanol–water partition coefficient (Wildman–Crippen LogP) is 16.6. The molecule has 1 aliphatic heterocycles. The summed E-state index contributed by atoms with van der Waals surface area (Å²) in [5.41, 5.74) is 15.0. The van der Waals surface area contributed by atoms with Crippen LogP contribution in [0.4, 0.5) is 17.1 Å². The minimum atomic E-state index is 0. The molecule has 0 aliphatic carbocycles. The minimum absolute atomic E-state index is 0. The molecular weight excluding hydrogens is 1090 g/mol. The summed E-state index contributed by atoms with van der Waals surface area (Å²) in [4.78, 5) is 9.76. The van der Waals surface area contributed by atoms with E-state index in [0.29, 0.717) is 11.5 Å². The number of aryl methyl sites for hydroxylation is 1. The summed E-state index contributed by atoms with van der Waals surface area (Å²) in [5.74, 6) is 1.98. The Morgan fingerprint density at radius 3 is 1.50 bits per heavy atom. The standard InChI is InChI=1S/C66H43N6O.Pt/c1-42-35-65(72-59-30-14-9-25-52(59)53-34-33-47(39-62(53)72)73-46-20-15-19-45(38-46)69-41-68(2)63-36-43-17-3-4-18-44(43)37-64(63)69)67-40-54(42)66-60(70-55-26-10-5-21-48(55)49-22-6-11-27-56(49)70)31-16-32-61(66)71-57-28-12-7-23-50(57)51-24-8-13-29-58(51)71;/h3-37,40-41H,1-2H3;/q-3;. The summed E-state index contributed by atoms with van der Waals surface area (Å²) in [6, 6.07) is 82.8. The number of rotatable bonds is 7. The Bertz CT molecular complexity index is 4340. The molecule has 74 heavy (non-hydrogen) atoms. The van der Waals surface area contributed by atoms with E-state index >= 15 is 0 Å². The first-order chi connectivity index (χ1) is 36.0. The van der Waals surface area contributed by atoms with E-state index in [1.165, 1.54) is 32.3 Å². The monoisotopic (exact) mass is 1130 g/mol. The minimum Gasteiger partial charge on any atom is -0.509 e. The average molecular weight is 1130 g/mol. The van der Waals surface area contributed by atoms with Crippen molar-refractivity contribution in [1.82, 2.24) is 18.7 Å². The van der Waals surface area contributed by atoms with E-state index in [-0.39, 0.29) is 21.1 Å². The second-order valence-corrected chi connectivity index (χ2v) is 19.0. The van der Waals surface area contributed by atoms with Gasteiger partial charge in [-0.25, -0.2) is 4.98 Å². The molecule has 7 nitrogen and oxygen atoms in total. The van der Waals surface area contributed by atoms with Crippen LogP contribution >= 0.6 is 0 Å². The van der Waals surface area contributed by atoms with Crippen molar-refractivity contribution >= 4 is 93.3 Å². The number of pyridine rings is 1. The molecular formula is C66H43N6OPt-3. The van der Waals surface area contributed by atoms with Crippen LogP contribution in [-0.2, 0) is 21.1 Å². The Labute approximate surface area is 441 Å². The van der Waals surface area contributed by atoms with Crippen LogP contribution in [-0.4, -0.2) is 25.7 Å². The number of fused-ring (bicyclic) bond motifs is 11. The average Bonchev–Trinajstić information content (AvgIpc) is 4.20. The molecule has 4 aromatic heterocycles. The molecule has 15 rings (SSSR count). The van der Waals surface area contributed by atoms with Crippen LogP contribution in [0.1, 0.15) is 5.56 Å². The van der Waals surface area contributed by atoms with E-state index in [0.717, 1.165) is 94.8 Å². The van der Waals surface area contributed by atoms with E-state index in [2.05, 4.69) is 257 Å². The van der Waals surface area contributed by atoms with Gasteiger partial charge in [0.1, 0.15) is 5.82 Å². The summed E-state index contributed by atoms with van der Waals surface area (Å²) in [6.45, 7) is 4.31. The van der Waals surface area contributed by atoms with Crippen LogP contribution in [0.3, 0.4) is 0 Å². The van der Waals surface area contributed by atoms with Crippen molar-refractivity contribution in [2.45, 2.75) is 6.92 Å². The smallest absolute Gasteiger partial charge is 0.135 e. The molecule has 5 heterocycles. The fourth-order valence-electron chi connectivity index (χ4n) is 11.6. The number of ether oxygens (including phenoxy) is 1. The number of para-hydroxylation sites is 5. The summed E-state index contributed by atoms with van der Waals surface area (Å²) in [6.07, 6.45) is 2.07. The normalized spacial score (nSPS) is 12.5. The molecule has 0 spiro atoms. The topological polar surface area (TPSA) is 43.4 Å². The molecule has 10 aromatic carbocycles. The number of benzene rings is 10. The molecule has 8 heteroatoms. The molecule has 0 unspecified atom stereocenters. The van der Waals surface area contributed by atoms with Crippen molar-refractivity contribution in [3.05, 3.63) is 243 Å². The first-order valence-electron chi connectivity index (χ1n) is 24.7. The van der Waals surface area contributed by atoms with E-state index in [9.17, 15) is 0 Å². The molecule has 0 radical (unpaired) electrons. The quantitative estimate of drug-likeness (QED) is 0.149. The third-order valence-corrected chi connectivity index (χ3v) is 14.8. The van der Waals surface area contributed by atoms with Crippen molar-refractivity contribution in [2.24, 2.45) is 0 Å². The van der Waals surface area contributed by atoms with Gasteiger partial charge in [0.25, 0.3) is 0 Å². The third kappa shape index (κ3) is 6.66. The van der Waals surface area contributed by atoms with Crippen LogP contribution in [0.2, 0.25) is 0 Å². The fourth-order valence-corrected chi connectivity index (χ4v) is 11.6. The van der Waals surface area contributed by atoms with Gasteiger partial charge in [-0.3, -0.25) is 0 Å². The Hall–Kier alpha value is -8.90. The van der Waals surface area contributed by atoms with Crippen molar-refractivity contribution in [1.29, 1.82) is 0 Å². The number of aromatic nitrogens is 4. The molecule has 0 bridgehead atoms. The van der Waals surface area contributed by atoms with E-state index in [1.807, 2.05) is 18.2 Å². The zero-order valence-electron chi connectivity index (χ0n) is 40.3. The Kier molecular flexibility index (Phi) is 10.1. The van der Waals surface area contributed by atoms with E-state index < -0.39 is 0 Å². The summed E-state index contributed by atoms with van der Waals surface area (Å²) in [7, 11) is 2.08. The summed E-state index contributed by atoms with van der Waals surface area (Å²) in [5, 5.41) is 9.43. The Morgan fingerprint density at radius 2 is 0.932 bits per heavy atom. The second kappa shape index (κ2) is 17.1. The molecule has 1 aliphatic rings. The first kappa shape index (κ1) is 43.9. The van der Waals surface area contributed by atoms with E-state index in [4.69, 9.17) is 9.72 Å². The molecule has 0 N–H and O–H groups in total. The van der Waals surface area contributed by atoms with Crippen LogP contribution in [0.5, 0.6) is 11.5 Å². The van der Waals surface area contributed by atoms with Crippen molar-refractivity contribution in [2.75, 3.05) is 16.8 Å². The third-order valence-electron chi connectivity index (χ3n) is 14.8. The predicted molar refractivity (Wildman–Crippen MR) is 300 cm³/mol. The van der Waals surface area contributed by atoms with Crippen LogP contribution < -0.4 is 14.5 Å². The zero-order chi connectivity index (χ0) is 48.3. The second-order valence-electron chi connectivity index (χ2n) is 19.0. The molecule has 0 saturated carbocycles. The van der Waals surface area contributed by atoms with Crippen molar-refractivity contribution in [3.8, 4) is 39.8 Å². The van der Waals surface area contributed by atoms with Gasteiger partial charge in [-0.2, -0.15) is 18.8 Å². The van der Waals surface area contributed by atoms with Gasteiger partial charge in [-0.1, -0.05) is 127 Å². The number of hydrogen-bond acceptors (Lipinski definition) is 4. The maximum absolute atomic E-state index is 6.67. The Morgan fingerprint density at radius 1 is 0.446 bits per heavy atom. The van der Waals surface area contributed by atoms with E-state index in [1.54, 1.807) is 0 Å². The Balaban J connectivity index is 0.00000505. The van der Waals surface area contributed by atoms with Gasteiger partial charge in [0.05, 0.1) is 33.4 Å². The van der Waals surface area contributed by atoms with Gasteiger partial charge >= 0.3 is 0 Å². The number of nitrogens with zero attached hydrogens (tertiary/aromatic N) is 6. The molecule has 0 fully saturated rings. The zero-order valence-corrected chi connectivity index (χ0v) is 42.5. The molecule has 0 atom stereocenters. The van der Waals surface area contributed by atoms with Crippen LogP contribution in [0.25, 0.3) is 105 Å². The molecule has 356 valence electrons. The van der Waals surface area contributed by atoms with Gasteiger partial charge in [0, 0.05) is 88.3 Å². The maximum atomic E-state index is 6.67. The molecule has 14 aromatic rings. The van der Waals surface area contributed by atoms with Gasteiger partial charge < -0.3 is 28.2 Å². The van der Waals surface area contributed by atoms with Crippen LogP contribution in [0, 0.1) is 25.7 Å². The number of anilines is 3. The van der Waals surface area contributed by atoms with Crippen molar-refractivity contribution < 1.29 is 25.8 Å². The van der Waals surface area contributed by atoms with Gasteiger partial charge in [-0.05, 0) is 96.4 Å². The van der Waals surface area contributed by atoms with Gasteiger partial charge in [0.15, 0.2) is 0 Å². The first-order valence-corrected chi connectivity index (χ1v) is 24.7. The SMILES string of the molecule is Cc1cc(-n2c3[c-]c(Oc4[c-]c(N5[CH-]N(C)c6cc7ccccc7cc65)ccc4)ccc3c3ccccc32)ncc1-c1c(-n2c3ccccc3c3ccccc32)cccc1-n1c2ccccc2c2ccccc21.[Pt].